The van der Waals surface area contributed by atoms with Crippen molar-refractivity contribution in [1.29, 1.82) is 0 Å². The number of fused-ring (bicyclic) bond motifs is 1. The SMILES string of the molecule is CCOC(=O)C(N)CSCC1Cc2cc(Br)ccc2O1. The highest BCUT2D eigenvalue weighted by molar-refractivity contribution is 9.10. The molecule has 6 heteroatoms. The topological polar surface area (TPSA) is 61.5 Å². The Kier molecular flexibility index (Phi) is 5.74. The summed E-state index contributed by atoms with van der Waals surface area (Å²) >= 11 is 5.08. The maximum absolute atomic E-state index is 11.4. The van der Waals surface area contributed by atoms with Gasteiger partial charge in [0.2, 0.25) is 0 Å². The van der Waals surface area contributed by atoms with Gasteiger partial charge < -0.3 is 15.2 Å². The van der Waals surface area contributed by atoms with Crippen molar-refractivity contribution in [3.8, 4) is 5.75 Å². The fourth-order valence-corrected chi connectivity index (χ4v) is 3.41. The van der Waals surface area contributed by atoms with Gasteiger partial charge in [0.15, 0.2) is 0 Å². The summed E-state index contributed by atoms with van der Waals surface area (Å²) in [6.07, 6.45) is 1.05. The molecule has 0 aliphatic carbocycles. The highest BCUT2D eigenvalue weighted by atomic mass is 79.9. The Morgan fingerprint density at radius 1 is 1.65 bits per heavy atom. The average Bonchev–Trinajstić information content (AvgIpc) is 2.80. The van der Waals surface area contributed by atoms with Crippen molar-refractivity contribution in [2.24, 2.45) is 5.73 Å². The highest BCUT2D eigenvalue weighted by Crippen LogP contribution is 2.32. The molecule has 0 saturated carbocycles. The molecule has 0 saturated heterocycles. The summed E-state index contributed by atoms with van der Waals surface area (Å²) in [4.78, 5) is 11.4. The maximum Gasteiger partial charge on any atom is 0.323 e. The van der Waals surface area contributed by atoms with Crippen molar-refractivity contribution < 1.29 is 14.3 Å². The van der Waals surface area contributed by atoms with Crippen LogP contribution in [-0.2, 0) is 16.0 Å². The van der Waals surface area contributed by atoms with Gasteiger partial charge in [0, 0.05) is 22.4 Å². The van der Waals surface area contributed by atoms with E-state index in [1.807, 2.05) is 12.1 Å². The molecular weight excluding hydrogens is 342 g/mol. The van der Waals surface area contributed by atoms with E-state index >= 15 is 0 Å². The van der Waals surface area contributed by atoms with E-state index in [0.717, 1.165) is 22.4 Å². The number of halogens is 1. The van der Waals surface area contributed by atoms with Crippen LogP contribution in [-0.4, -0.2) is 36.2 Å². The second-order valence-corrected chi connectivity index (χ2v) is 6.58. The van der Waals surface area contributed by atoms with Crippen molar-refractivity contribution in [3.05, 3.63) is 28.2 Å². The van der Waals surface area contributed by atoms with E-state index < -0.39 is 6.04 Å². The molecule has 1 aliphatic heterocycles. The van der Waals surface area contributed by atoms with Crippen LogP contribution in [0.4, 0.5) is 0 Å². The standard InChI is InChI=1S/C14H18BrNO3S/c1-2-18-14(17)12(16)8-20-7-11-6-9-5-10(15)3-4-13(9)19-11/h3-5,11-12H,2,6-8,16H2,1H3. The first-order chi connectivity index (χ1) is 9.60. The zero-order valence-corrected chi connectivity index (χ0v) is 13.7. The van der Waals surface area contributed by atoms with Crippen LogP contribution in [0.25, 0.3) is 0 Å². The Labute approximate surface area is 131 Å². The summed E-state index contributed by atoms with van der Waals surface area (Å²) in [5, 5.41) is 0. The Hall–Kier alpha value is -0.720. The van der Waals surface area contributed by atoms with E-state index in [2.05, 4.69) is 22.0 Å². The summed E-state index contributed by atoms with van der Waals surface area (Å²) in [7, 11) is 0. The average molecular weight is 360 g/mol. The van der Waals surface area contributed by atoms with Gasteiger partial charge in [-0.2, -0.15) is 11.8 Å². The molecule has 20 heavy (non-hydrogen) atoms. The first-order valence-electron chi connectivity index (χ1n) is 6.55. The second-order valence-electron chi connectivity index (χ2n) is 4.59. The van der Waals surface area contributed by atoms with Gasteiger partial charge in [-0.05, 0) is 30.7 Å². The zero-order valence-electron chi connectivity index (χ0n) is 11.3. The monoisotopic (exact) mass is 359 g/mol. The molecule has 2 unspecified atom stereocenters. The van der Waals surface area contributed by atoms with E-state index in [4.69, 9.17) is 15.2 Å². The lowest BCUT2D eigenvalue weighted by Gasteiger charge is -2.13. The van der Waals surface area contributed by atoms with E-state index in [1.54, 1.807) is 18.7 Å². The van der Waals surface area contributed by atoms with Gasteiger partial charge in [0.25, 0.3) is 0 Å². The lowest BCUT2D eigenvalue weighted by atomic mass is 10.1. The van der Waals surface area contributed by atoms with Gasteiger partial charge in [0.05, 0.1) is 6.61 Å². The van der Waals surface area contributed by atoms with Gasteiger partial charge in [-0.15, -0.1) is 0 Å². The first kappa shape index (κ1) is 15.7. The fraction of sp³-hybridized carbons (Fsp3) is 0.500. The normalized spacial score (nSPS) is 18.2. The summed E-state index contributed by atoms with van der Waals surface area (Å²) in [6.45, 7) is 2.15. The number of nitrogens with two attached hydrogens (primary N) is 1. The fourth-order valence-electron chi connectivity index (χ4n) is 2.03. The van der Waals surface area contributed by atoms with Crippen molar-refractivity contribution in [2.45, 2.75) is 25.5 Å². The molecule has 0 fully saturated rings. The Morgan fingerprint density at radius 2 is 2.45 bits per heavy atom. The smallest absolute Gasteiger partial charge is 0.323 e. The Bertz CT molecular complexity index is 483. The Morgan fingerprint density at radius 3 is 3.20 bits per heavy atom. The predicted octanol–water partition coefficient (Wildman–Crippen LogP) is 2.38. The highest BCUT2D eigenvalue weighted by Gasteiger charge is 2.23. The van der Waals surface area contributed by atoms with Crippen LogP contribution in [0.3, 0.4) is 0 Å². The summed E-state index contributed by atoms with van der Waals surface area (Å²) in [5.74, 6) is 1.99. The summed E-state index contributed by atoms with van der Waals surface area (Å²) in [5.41, 5.74) is 6.97. The molecule has 0 radical (unpaired) electrons. The molecule has 110 valence electrons. The van der Waals surface area contributed by atoms with Crippen LogP contribution in [0.1, 0.15) is 12.5 Å². The molecule has 1 aromatic rings. The minimum Gasteiger partial charge on any atom is -0.489 e. The number of ether oxygens (including phenoxy) is 2. The van der Waals surface area contributed by atoms with Crippen molar-refractivity contribution >= 4 is 33.7 Å². The molecule has 0 bridgehead atoms. The molecular formula is C14H18BrNO3S. The summed E-state index contributed by atoms with van der Waals surface area (Å²) < 4.78 is 11.8. The molecule has 1 heterocycles. The van der Waals surface area contributed by atoms with Crippen molar-refractivity contribution in [1.82, 2.24) is 0 Å². The minimum absolute atomic E-state index is 0.152. The molecule has 1 aromatic carbocycles. The lowest BCUT2D eigenvalue weighted by Crippen LogP contribution is -2.35. The van der Waals surface area contributed by atoms with Crippen LogP contribution in [0, 0.1) is 0 Å². The zero-order chi connectivity index (χ0) is 14.5. The quantitative estimate of drug-likeness (QED) is 0.790. The number of esters is 1. The van der Waals surface area contributed by atoms with E-state index in [1.165, 1.54) is 5.56 Å². The lowest BCUT2D eigenvalue weighted by molar-refractivity contribution is -0.144. The Balaban J connectivity index is 1.73. The first-order valence-corrected chi connectivity index (χ1v) is 8.50. The maximum atomic E-state index is 11.4. The van der Waals surface area contributed by atoms with Gasteiger partial charge in [-0.1, -0.05) is 15.9 Å². The number of carbonyl (C=O) groups is 1. The molecule has 0 aromatic heterocycles. The number of thioether (sulfide) groups is 1. The molecule has 1 aliphatic rings. The van der Waals surface area contributed by atoms with Gasteiger partial charge in [-0.25, -0.2) is 0 Å². The number of carbonyl (C=O) groups excluding carboxylic acids is 1. The van der Waals surface area contributed by atoms with Crippen molar-refractivity contribution in [2.75, 3.05) is 18.1 Å². The van der Waals surface area contributed by atoms with Crippen LogP contribution in [0.5, 0.6) is 5.75 Å². The molecule has 2 atom stereocenters. The number of hydrogen-bond acceptors (Lipinski definition) is 5. The van der Waals surface area contributed by atoms with Gasteiger partial charge in [0.1, 0.15) is 17.9 Å². The number of hydrogen-bond donors (Lipinski definition) is 1. The van der Waals surface area contributed by atoms with Crippen LogP contribution >= 0.6 is 27.7 Å². The van der Waals surface area contributed by atoms with E-state index in [9.17, 15) is 4.79 Å². The van der Waals surface area contributed by atoms with Crippen LogP contribution in [0.2, 0.25) is 0 Å². The van der Waals surface area contributed by atoms with Gasteiger partial charge >= 0.3 is 5.97 Å². The van der Waals surface area contributed by atoms with E-state index in [-0.39, 0.29) is 12.1 Å². The van der Waals surface area contributed by atoms with Crippen molar-refractivity contribution in [3.63, 3.8) is 0 Å². The summed E-state index contributed by atoms with van der Waals surface area (Å²) in [6, 6.07) is 5.49. The molecule has 2 N–H and O–H groups in total. The molecule has 0 spiro atoms. The third kappa shape index (κ3) is 4.14. The third-order valence-corrected chi connectivity index (χ3v) is 4.65. The van der Waals surface area contributed by atoms with Gasteiger partial charge in [-0.3, -0.25) is 4.79 Å². The predicted molar refractivity (Wildman–Crippen MR) is 84.2 cm³/mol. The molecule has 4 nitrogen and oxygen atoms in total. The number of rotatable bonds is 6. The number of benzene rings is 1. The molecule has 2 rings (SSSR count). The van der Waals surface area contributed by atoms with Crippen LogP contribution in [0.15, 0.2) is 22.7 Å². The van der Waals surface area contributed by atoms with E-state index in [0.29, 0.717) is 12.4 Å². The minimum atomic E-state index is -0.558. The van der Waals surface area contributed by atoms with Crippen LogP contribution < -0.4 is 10.5 Å². The second kappa shape index (κ2) is 7.33. The third-order valence-electron chi connectivity index (χ3n) is 2.95. The molecule has 0 amide bonds. The largest absolute Gasteiger partial charge is 0.489 e.